The number of nitrogens with zero attached hydrogens (tertiary/aromatic N) is 1. The molecule has 1 aromatic heterocycles. The maximum atomic E-state index is 13.7. The summed E-state index contributed by atoms with van der Waals surface area (Å²) in [5.41, 5.74) is 2.54. The van der Waals surface area contributed by atoms with Crippen molar-refractivity contribution in [1.82, 2.24) is 15.3 Å². The van der Waals surface area contributed by atoms with E-state index in [0.717, 1.165) is 35.9 Å². The molecular formula is C14H16FN3O. The smallest absolute Gasteiger partial charge is 0.165 e. The standard InChI is InChI=1S/C14H16FN3O/c1-8-13(18-14(17-8)10-6-16-7-10)9-3-4-12(19-2)11(15)5-9/h3-5,10,16H,6-7H2,1-2H3,(H,17,18). The Balaban J connectivity index is 1.97. The third-order valence-corrected chi connectivity index (χ3v) is 3.50. The summed E-state index contributed by atoms with van der Waals surface area (Å²) in [5.74, 6) is 1.30. The van der Waals surface area contributed by atoms with Crippen molar-refractivity contribution in [3.8, 4) is 17.0 Å². The zero-order valence-corrected chi connectivity index (χ0v) is 11.0. The Labute approximate surface area is 111 Å². The quantitative estimate of drug-likeness (QED) is 0.890. The topological polar surface area (TPSA) is 49.9 Å². The summed E-state index contributed by atoms with van der Waals surface area (Å²) in [5, 5.41) is 3.22. The molecule has 0 spiro atoms. The van der Waals surface area contributed by atoms with E-state index < -0.39 is 0 Å². The van der Waals surface area contributed by atoms with E-state index in [1.54, 1.807) is 6.07 Å². The van der Waals surface area contributed by atoms with Gasteiger partial charge in [-0.3, -0.25) is 0 Å². The van der Waals surface area contributed by atoms with E-state index in [0.29, 0.717) is 5.92 Å². The van der Waals surface area contributed by atoms with E-state index in [9.17, 15) is 4.39 Å². The Bertz CT molecular complexity index is 605. The lowest BCUT2D eigenvalue weighted by molar-refractivity contribution is 0.386. The molecule has 100 valence electrons. The molecule has 0 bridgehead atoms. The predicted molar refractivity (Wildman–Crippen MR) is 70.9 cm³/mol. The first-order valence-electron chi connectivity index (χ1n) is 6.30. The molecule has 1 saturated heterocycles. The Morgan fingerprint density at radius 3 is 2.74 bits per heavy atom. The molecular weight excluding hydrogens is 245 g/mol. The minimum atomic E-state index is -0.366. The van der Waals surface area contributed by atoms with Crippen LogP contribution in [-0.2, 0) is 0 Å². The van der Waals surface area contributed by atoms with Crippen LogP contribution in [0.5, 0.6) is 5.75 Å². The number of aromatic amines is 1. The molecule has 3 rings (SSSR count). The van der Waals surface area contributed by atoms with E-state index >= 15 is 0 Å². The summed E-state index contributed by atoms with van der Waals surface area (Å²) in [4.78, 5) is 7.88. The zero-order chi connectivity index (χ0) is 13.4. The molecule has 0 saturated carbocycles. The van der Waals surface area contributed by atoms with Gasteiger partial charge >= 0.3 is 0 Å². The third-order valence-electron chi connectivity index (χ3n) is 3.50. The van der Waals surface area contributed by atoms with Crippen LogP contribution < -0.4 is 10.1 Å². The first-order chi connectivity index (χ1) is 9.19. The SMILES string of the molecule is COc1ccc(-c2nc(C3CNC3)[nH]c2C)cc1F. The molecule has 2 heterocycles. The van der Waals surface area contributed by atoms with Gasteiger partial charge in [-0.05, 0) is 25.1 Å². The zero-order valence-electron chi connectivity index (χ0n) is 11.0. The monoisotopic (exact) mass is 261 g/mol. The van der Waals surface area contributed by atoms with Crippen molar-refractivity contribution in [1.29, 1.82) is 0 Å². The molecule has 19 heavy (non-hydrogen) atoms. The molecule has 0 amide bonds. The number of methoxy groups -OCH3 is 1. The van der Waals surface area contributed by atoms with Crippen LogP contribution in [0.4, 0.5) is 4.39 Å². The Hall–Kier alpha value is -1.88. The minimum absolute atomic E-state index is 0.250. The van der Waals surface area contributed by atoms with Crippen LogP contribution in [0.25, 0.3) is 11.3 Å². The van der Waals surface area contributed by atoms with E-state index in [-0.39, 0.29) is 11.6 Å². The Morgan fingerprint density at radius 1 is 1.37 bits per heavy atom. The number of nitrogens with one attached hydrogen (secondary N) is 2. The third kappa shape index (κ3) is 2.10. The van der Waals surface area contributed by atoms with Crippen LogP contribution in [0.15, 0.2) is 18.2 Å². The lowest BCUT2D eigenvalue weighted by Gasteiger charge is -2.24. The van der Waals surface area contributed by atoms with Crippen molar-refractivity contribution in [2.75, 3.05) is 20.2 Å². The lowest BCUT2D eigenvalue weighted by atomic mass is 10.0. The van der Waals surface area contributed by atoms with Crippen LogP contribution in [0.2, 0.25) is 0 Å². The molecule has 1 aromatic carbocycles. The van der Waals surface area contributed by atoms with E-state index in [2.05, 4.69) is 15.3 Å². The van der Waals surface area contributed by atoms with Crippen LogP contribution in [0.3, 0.4) is 0 Å². The molecule has 0 aliphatic carbocycles. The number of hydrogen-bond acceptors (Lipinski definition) is 3. The predicted octanol–water partition coefficient (Wildman–Crippen LogP) is 2.22. The highest BCUT2D eigenvalue weighted by atomic mass is 19.1. The van der Waals surface area contributed by atoms with Gasteiger partial charge in [0.1, 0.15) is 5.82 Å². The van der Waals surface area contributed by atoms with Gasteiger partial charge in [-0.15, -0.1) is 0 Å². The highest BCUT2D eigenvalue weighted by Gasteiger charge is 2.23. The fourth-order valence-corrected chi connectivity index (χ4v) is 2.25. The van der Waals surface area contributed by atoms with Gasteiger partial charge in [0.15, 0.2) is 11.6 Å². The van der Waals surface area contributed by atoms with Gasteiger partial charge in [0.2, 0.25) is 0 Å². The van der Waals surface area contributed by atoms with Gasteiger partial charge in [-0.25, -0.2) is 9.37 Å². The molecule has 5 heteroatoms. The number of aryl methyl sites for hydroxylation is 1. The summed E-state index contributed by atoms with van der Waals surface area (Å²) in [7, 11) is 1.46. The van der Waals surface area contributed by atoms with Gasteiger partial charge in [-0.2, -0.15) is 0 Å². The largest absolute Gasteiger partial charge is 0.494 e. The van der Waals surface area contributed by atoms with E-state index in [1.807, 2.05) is 13.0 Å². The maximum absolute atomic E-state index is 13.7. The number of halogens is 1. The first kappa shape index (κ1) is 12.2. The van der Waals surface area contributed by atoms with Gasteiger partial charge in [0, 0.05) is 30.3 Å². The van der Waals surface area contributed by atoms with Crippen LogP contribution in [-0.4, -0.2) is 30.2 Å². The molecule has 2 N–H and O–H groups in total. The second-order valence-corrected chi connectivity index (χ2v) is 4.80. The highest BCUT2D eigenvalue weighted by Crippen LogP contribution is 2.28. The summed E-state index contributed by atoms with van der Waals surface area (Å²) in [6.07, 6.45) is 0. The fourth-order valence-electron chi connectivity index (χ4n) is 2.25. The second kappa shape index (κ2) is 4.66. The molecule has 4 nitrogen and oxygen atoms in total. The number of hydrogen-bond donors (Lipinski definition) is 2. The molecule has 2 aromatic rings. The average molecular weight is 261 g/mol. The minimum Gasteiger partial charge on any atom is -0.494 e. The summed E-state index contributed by atoms with van der Waals surface area (Å²) in [6.45, 7) is 3.85. The van der Waals surface area contributed by atoms with Crippen LogP contribution in [0, 0.1) is 12.7 Å². The van der Waals surface area contributed by atoms with Crippen LogP contribution >= 0.6 is 0 Å². The van der Waals surface area contributed by atoms with Crippen molar-refractivity contribution in [3.63, 3.8) is 0 Å². The number of benzene rings is 1. The Morgan fingerprint density at radius 2 is 2.16 bits per heavy atom. The number of aromatic nitrogens is 2. The second-order valence-electron chi connectivity index (χ2n) is 4.80. The number of H-pyrrole nitrogens is 1. The number of rotatable bonds is 3. The Kier molecular flexibility index (Phi) is 2.98. The van der Waals surface area contributed by atoms with Crippen molar-refractivity contribution in [2.45, 2.75) is 12.8 Å². The first-order valence-corrected chi connectivity index (χ1v) is 6.30. The van der Waals surface area contributed by atoms with E-state index in [4.69, 9.17) is 4.74 Å². The van der Waals surface area contributed by atoms with Gasteiger partial charge in [0.05, 0.1) is 12.8 Å². The number of ether oxygens (including phenoxy) is 1. The molecule has 0 radical (unpaired) electrons. The van der Waals surface area contributed by atoms with Crippen molar-refractivity contribution >= 4 is 0 Å². The molecule has 1 fully saturated rings. The summed E-state index contributed by atoms with van der Waals surface area (Å²) < 4.78 is 18.7. The molecule has 0 unspecified atom stereocenters. The average Bonchev–Trinajstić information content (AvgIpc) is 2.68. The highest BCUT2D eigenvalue weighted by molar-refractivity contribution is 5.63. The normalized spacial score (nSPS) is 15.3. The maximum Gasteiger partial charge on any atom is 0.165 e. The van der Waals surface area contributed by atoms with Gasteiger partial charge in [0.25, 0.3) is 0 Å². The van der Waals surface area contributed by atoms with Crippen molar-refractivity contribution in [3.05, 3.63) is 35.5 Å². The lowest BCUT2D eigenvalue weighted by Crippen LogP contribution is -2.40. The van der Waals surface area contributed by atoms with Crippen molar-refractivity contribution in [2.24, 2.45) is 0 Å². The van der Waals surface area contributed by atoms with Crippen molar-refractivity contribution < 1.29 is 9.13 Å². The summed E-state index contributed by atoms with van der Waals surface area (Å²) in [6, 6.07) is 4.92. The fraction of sp³-hybridized carbons (Fsp3) is 0.357. The van der Waals surface area contributed by atoms with Gasteiger partial charge < -0.3 is 15.0 Å². The van der Waals surface area contributed by atoms with E-state index in [1.165, 1.54) is 13.2 Å². The van der Waals surface area contributed by atoms with Gasteiger partial charge in [-0.1, -0.05) is 0 Å². The van der Waals surface area contributed by atoms with Crippen LogP contribution in [0.1, 0.15) is 17.4 Å². The molecule has 0 atom stereocenters. The molecule has 1 aliphatic heterocycles. The molecule has 1 aliphatic rings. The number of imidazole rings is 1. The summed E-state index contributed by atoms with van der Waals surface area (Å²) >= 11 is 0.